The third kappa shape index (κ3) is 4.67. The predicted molar refractivity (Wildman–Crippen MR) is 113 cm³/mol. The van der Waals surface area contributed by atoms with Gasteiger partial charge in [-0.3, -0.25) is 9.78 Å². The third-order valence-electron chi connectivity index (χ3n) is 5.53. The average Bonchev–Trinajstić information content (AvgIpc) is 3.01. The molecule has 0 aliphatic carbocycles. The summed E-state index contributed by atoms with van der Waals surface area (Å²) in [5.74, 6) is -0.120. The molecule has 1 amide bonds. The van der Waals surface area contributed by atoms with E-state index in [-0.39, 0.29) is 16.8 Å². The van der Waals surface area contributed by atoms with Gasteiger partial charge in [0, 0.05) is 37.6 Å². The van der Waals surface area contributed by atoms with Crippen LogP contribution in [0.2, 0.25) is 0 Å². The summed E-state index contributed by atoms with van der Waals surface area (Å²) in [5.41, 5.74) is 1.49. The Morgan fingerprint density at radius 3 is 2.52 bits per heavy atom. The van der Waals surface area contributed by atoms with E-state index in [1.165, 1.54) is 10.4 Å². The average molecular weight is 416 g/mol. The number of likely N-dealkylation sites (tertiary alicyclic amines) is 1. The van der Waals surface area contributed by atoms with Crippen molar-refractivity contribution in [3.05, 3.63) is 59.9 Å². The molecule has 29 heavy (non-hydrogen) atoms. The van der Waals surface area contributed by atoms with Crippen LogP contribution < -0.4 is 0 Å². The van der Waals surface area contributed by atoms with Crippen molar-refractivity contribution in [2.75, 3.05) is 19.6 Å². The molecule has 1 aliphatic heterocycles. The number of hydrogen-bond donors (Lipinski definition) is 0. The van der Waals surface area contributed by atoms with E-state index < -0.39 is 10.0 Å². The summed E-state index contributed by atoms with van der Waals surface area (Å²) in [6.45, 7) is 5.08. The third-order valence-corrected chi connectivity index (χ3v) is 7.57. The number of carbonyl (C=O) groups is 1. The van der Waals surface area contributed by atoms with E-state index in [9.17, 15) is 13.2 Å². The molecule has 3 rings (SSSR count). The van der Waals surface area contributed by atoms with Gasteiger partial charge < -0.3 is 4.90 Å². The molecule has 0 radical (unpaired) electrons. The van der Waals surface area contributed by atoms with Gasteiger partial charge in [0.25, 0.3) is 5.91 Å². The lowest BCUT2D eigenvalue weighted by molar-refractivity contribution is 0.0680. The van der Waals surface area contributed by atoms with Crippen LogP contribution in [0.3, 0.4) is 0 Å². The maximum atomic E-state index is 13.4. The van der Waals surface area contributed by atoms with Crippen LogP contribution in [-0.4, -0.2) is 48.1 Å². The van der Waals surface area contributed by atoms with Crippen molar-refractivity contribution < 1.29 is 13.2 Å². The molecule has 6 nitrogen and oxygen atoms in total. The SMILES string of the molecule is CCN(CC)S(=O)(=O)c1cccc(C(=O)N2CCCCC[C@H]2c2ccncc2)c1. The standard InChI is InChI=1S/C22H29N3O3S/c1-3-24(4-2)29(27,28)20-10-8-9-19(17-20)22(26)25-16-7-5-6-11-21(25)18-12-14-23-15-13-18/h8-10,12-15,17,21H,3-7,11,16H2,1-2H3/t21-/m0/s1. The van der Waals surface area contributed by atoms with Crippen LogP contribution in [0.1, 0.15) is 61.5 Å². The predicted octanol–water partition coefficient (Wildman–Crippen LogP) is 3.87. The van der Waals surface area contributed by atoms with E-state index in [1.54, 1.807) is 30.6 Å². The van der Waals surface area contributed by atoms with Gasteiger partial charge >= 0.3 is 0 Å². The first-order chi connectivity index (χ1) is 14.0. The van der Waals surface area contributed by atoms with Crippen LogP contribution in [0.4, 0.5) is 0 Å². The van der Waals surface area contributed by atoms with E-state index in [1.807, 2.05) is 30.9 Å². The summed E-state index contributed by atoms with van der Waals surface area (Å²) in [4.78, 5) is 19.6. The van der Waals surface area contributed by atoms with Crippen LogP contribution in [0.25, 0.3) is 0 Å². The summed E-state index contributed by atoms with van der Waals surface area (Å²) in [7, 11) is -3.61. The molecule has 2 aromatic rings. The highest BCUT2D eigenvalue weighted by molar-refractivity contribution is 7.89. The second kappa shape index (κ2) is 9.50. The number of hydrogen-bond acceptors (Lipinski definition) is 4. The number of sulfonamides is 1. The largest absolute Gasteiger partial charge is 0.332 e. The fraction of sp³-hybridized carbons (Fsp3) is 0.455. The lowest BCUT2D eigenvalue weighted by Crippen LogP contribution is -2.35. The highest BCUT2D eigenvalue weighted by atomic mass is 32.2. The molecule has 7 heteroatoms. The summed E-state index contributed by atoms with van der Waals surface area (Å²) in [6.07, 6.45) is 7.49. The van der Waals surface area contributed by atoms with E-state index >= 15 is 0 Å². The fourth-order valence-electron chi connectivity index (χ4n) is 3.95. The molecule has 0 bridgehead atoms. The lowest BCUT2D eigenvalue weighted by Gasteiger charge is -2.30. The van der Waals surface area contributed by atoms with Crippen molar-refractivity contribution in [2.24, 2.45) is 0 Å². The molecular weight excluding hydrogens is 386 g/mol. The van der Waals surface area contributed by atoms with Crippen LogP contribution >= 0.6 is 0 Å². The molecule has 0 unspecified atom stereocenters. The molecule has 1 fully saturated rings. The monoisotopic (exact) mass is 415 g/mol. The molecule has 1 aromatic carbocycles. The highest BCUT2D eigenvalue weighted by Gasteiger charge is 2.29. The van der Waals surface area contributed by atoms with Gasteiger partial charge in [0.05, 0.1) is 10.9 Å². The zero-order valence-corrected chi connectivity index (χ0v) is 17.9. The van der Waals surface area contributed by atoms with Crippen molar-refractivity contribution in [3.63, 3.8) is 0 Å². The van der Waals surface area contributed by atoms with Crippen LogP contribution in [0.5, 0.6) is 0 Å². The Morgan fingerprint density at radius 1 is 1.10 bits per heavy atom. The first-order valence-corrected chi connectivity index (χ1v) is 11.7. The van der Waals surface area contributed by atoms with Crippen LogP contribution in [0.15, 0.2) is 53.7 Å². The number of benzene rings is 1. The van der Waals surface area contributed by atoms with Gasteiger partial charge in [-0.15, -0.1) is 0 Å². The lowest BCUT2D eigenvalue weighted by atomic mass is 10.0. The Hall–Kier alpha value is -2.25. The summed E-state index contributed by atoms with van der Waals surface area (Å²) in [6, 6.07) is 10.3. The van der Waals surface area contributed by atoms with Crippen molar-refractivity contribution in [1.29, 1.82) is 0 Å². The van der Waals surface area contributed by atoms with Gasteiger partial charge in [0.15, 0.2) is 0 Å². The molecule has 156 valence electrons. The topological polar surface area (TPSA) is 70.6 Å². The van der Waals surface area contributed by atoms with E-state index in [4.69, 9.17) is 0 Å². The molecule has 2 heterocycles. The molecule has 1 aromatic heterocycles. The Bertz CT molecular complexity index is 927. The number of rotatable bonds is 6. The molecule has 1 aliphatic rings. The van der Waals surface area contributed by atoms with E-state index in [2.05, 4.69) is 4.98 Å². The Kier molecular flexibility index (Phi) is 7.03. The second-order valence-corrected chi connectivity index (χ2v) is 9.20. The van der Waals surface area contributed by atoms with Gasteiger partial charge in [-0.25, -0.2) is 8.42 Å². The fourth-order valence-corrected chi connectivity index (χ4v) is 5.46. The molecular formula is C22H29N3O3S. The quantitative estimate of drug-likeness (QED) is 0.718. The smallest absolute Gasteiger partial charge is 0.254 e. The van der Waals surface area contributed by atoms with Crippen molar-refractivity contribution in [1.82, 2.24) is 14.2 Å². The van der Waals surface area contributed by atoms with Crippen LogP contribution in [0, 0.1) is 0 Å². The van der Waals surface area contributed by atoms with E-state index in [0.717, 1.165) is 31.2 Å². The number of nitrogens with zero attached hydrogens (tertiary/aromatic N) is 3. The van der Waals surface area contributed by atoms with Crippen molar-refractivity contribution in [3.8, 4) is 0 Å². The second-order valence-electron chi connectivity index (χ2n) is 7.26. The number of aromatic nitrogens is 1. The highest BCUT2D eigenvalue weighted by Crippen LogP contribution is 2.31. The normalized spacial score (nSPS) is 17.9. The number of carbonyl (C=O) groups excluding carboxylic acids is 1. The maximum absolute atomic E-state index is 13.4. The van der Waals surface area contributed by atoms with Gasteiger partial charge in [-0.1, -0.05) is 32.8 Å². The molecule has 1 saturated heterocycles. The minimum atomic E-state index is -3.61. The first kappa shape index (κ1) is 21.5. The Balaban J connectivity index is 1.94. The number of pyridine rings is 1. The molecule has 1 atom stereocenters. The number of amides is 1. The van der Waals surface area contributed by atoms with Crippen molar-refractivity contribution >= 4 is 15.9 Å². The van der Waals surface area contributed by atoms with Crippen LogP contribution in [-0.2, 0) is 10.0 Å². The Labute approximate surface area is 173 Å². The van der Waals surface area contributed by atoms with Crippen molar-refractivity contribution in [2.45, 2.75) is 50.5 Å². The summed E-state index contributed by atoms with van der Waals surface area (Å²) >= 11 is 0. The van der Waals surface area contributed by atoms with Gasteiger partial charge in [0.2, 0.25) is 10.0 Å². The van der Waals surface area contributed by atoms with Gasteiger partial charge in [-0.05, 0) is 48.7 Å². The maximum Gasteiger partial charge on any atom is 0.254 e. The molecule has 0 N–H and O–H groups in total. The summed E-state index contributed by atoms with van der Waals surface area (Å²) in [5, 5.41) is 0. The molecule has 0 spiro atoms. The minimum absolute atomic E-state index is 0.0176. The zero-order chi connectivity index (χ0) is 20.9. The molecule has 0 saturated carbocycles. The van der Waals surface area contributed by atoms with Gasteiger partial charge in [0.1, 0.15) is 0 Å². The zero-order valence-electron chi connectivity index (χ0n) is 17.1. The van der Waals surface area contributed by atoms with Gasteiger partial charge in [-0.2, -0.15) is 4.31 Å². The first-order valence-electron chi connectivity index (χ1n) is 10.3. The van der Waals surface area contributed by atoms with E-state index in [0.29, 0.717) is 25.2 Å². The Morgan fingerprint density at radius 2 is 1.83 bits per heavy atom. The summed E-state index contributed by atoms with van der Waals surface area (Å²) < 4.78 is 27.2. The minimum Gasteiger partial charge on any atom is -0.332 e.